The van der Waals surface area contributed by atoms with Crippen molar-refractivity contribution < 1.29 is 4.74 Å². The number of aromatic nitrogens is 3. The van der Waals surface area contributed by atoms with Crippen LogP contribution in [-0.4, -0.2) is 34.8 Å². The lowest BCUT2D eigenvalue weighted by atomic mass is 10.1. The van der Waals surface area contributed by atoms with Crippen molar-refractivity contribution >= 4 is 0 Å². The summed E-state index contributed by atoms with van der Waals surface area (Å²) >= 11 is 0. The molecule has 1 aliphatic heterocycles. The van der Waals surface area contributed by atoms with Crippen LogP contribution in [0, 0.1) is 11.8 Å². The molecule has 0 unspecified atom stereocenters. The van der Waals surface area contributed by atoms with E-state index in [1.807, 2.05) is 4.68 Å². The summed E-state index contributed by atoms with van der Waals surface area (Å²) in [6.07, 6.45) is 5.98. The zero-order valence-electron chi connectivity index (χ0n) is 10.1. The third-order valence-corrected chi connectivity index (χ3v) is 3.49. The molecule has 1 aromatic heterocycles. The van der Waals surface area contributed by atoms with Crippen LogP contribution in [0.25, 0.3) is 0 Å². The molecular formula is C12H20N4O. The molecule has 2 fully saturated rings. The highest BCUT2D eigenvalue weighted by atomic mass is 16.5. The van der Waals surface area contributed by atoms with Crippen LogP contribution in [0.1, 0.15) is 25.0 Å². The molecule has 2 aliphatic rings. The van der Waals surface area contributed by atoms with Crippen molar-refractivity contribution in [2.75, 3.05) is 19.8 Å². The number of rotatable bonds is 6. The van der Waals surface area contributed by atoms with Crippen molar-refractivity contribution in [2.24, 2.45) is 11.8 Å². The van der Waals surface area contributed by atoms with Crippen molar-refractivity contribution in [3.8, 4) is 0 Å². The summed E-state index contributed by atoms with van der Waals surface area (Å²) in [6.45, 7) is 4.68. The van der Waals surface area contributed by atoms with Crippen LogP contribution >= 0.6 is 0 Å². The minimum Gasteiger partial charge on any atom is -0.381 e. The van der Waals surface area contributed by atoms with Crippen molar-refractivity contribution in [3.05, 3.63) is 11.9 Å². The Labute approximate surface area is 102 Å². The Hall–Kier alpha value is -0.940. The molecule has 0 amide bonds. The Morgan fingerprint density at radius 1 is 1.35 bits per heavy atom. The van der Waals surface area contributed by atoms with E-state index in [1.165, 1.54) is 12.8 Å². The molecule has 3 rings (SSSR count). The van der Waals surface area contributed by atoms with Gasteiger partial charge >= 0.3 is 0 Å². The Morgan fingerprint density at radius 3 is 3.06 bits per heavy atom. The predicted octanol–water partition coefficient (Wildman–Crippen LogP) is 0.814. The number of hydrogen-bond donors (Lipinski definition) is 1. The number of ether oxygens (including phenoxy) is 1. The smallest absolute Gasteiger partial charge is 0.0964 e. The molecule has 94 valence electrons. The van der Waals surface area contributed by atoms with E-state index in [9.17, 15) is 0 Å². The lowest BCUT2D eigenvalue weighted by Crippen LogP contribution is -2.16. The van der Waals surface area contributed by atoms with E-state index in [1.54, 1.807) is 0 Å². The second-order valence-corrected chi connectivity index (χ2v) is 5.24. The third-order valence-electron chi connectivity index (χ3n) is 3.49. The van der Waals surface area contributed by atoms with E-state index < -0.39 is 0 Å². The van der Waals surface area contributed by atoms with E-state index in [2.05, 4.69) is 21.8 Å². The average molecular weight is 236 g/mol. The van der Waals surface area contributed by atoms with Gasteiger partial charge in [0, 0.05) is 31.8 Å². The Morgan fingerprint density at radius 2 is 2.29 bits per heavy atom. The summed E-state index contributed by atoms with van der Waals surface area (Å²) in [4.78, 5) is 0. The maximum atomic E-state index is 5.36. The van der Waals surface area contributed by atoms with Crippen LogP contribution in [0.2, 0.25) is 0 Å². The molecule has 5 heteroatoms. The Balaban J connectivity index is 1.43. The van der Waals surface area contributed by atoms with Gasteiger partial charge in [-0.25, -0.2) is 0 Å². The largest absolute Gasteiger partial charge is 0.381 e. The van der Waals surface area contributed by atoms with E-state index in [-0.39, 0.29) is 0 Å². The van der Waals surface area contributed by atoms with Gasteiger partial charge in [0.15, 0.2) is 0 Å². The lowest BCUT2D eigenvalue weighted by molar-refractivity contribution is 0.181. The highest BCUT2D eigenvalue weighted by Crippen LogP contribution is 2.27. The van der Waals surface area contributed by atoms with Crippen LogP contribution in [0.5, 0.6) is 0 Å². The van der Waals surface area contributed by atoms with Crippen molar-refractivity contribution in [3.63, 3.8) is 0 Å². The fourth-order valence-corrected chi connectivity index (χ4v) is 2.23. The zero-order valence-corrected chi connectivity index (χ0v) is 10.1. The summed E-state index contributed by atoms with van der Waals surface area (Å²) < 4.78 is 7.31. The fraction of sp³-hybridized carbons (Fsp3) is 0.833. The average Bonchev–Trinajstić information content (AvgIpc) is 2.83. The van der Waals surface area contributed by atoms with Crippen molar-refractivity contribution in [1.82, 2.24) is 20.3 Å². The maximum absolute atomic E-state index is 5.36. The van der Waals surface area contributed by atoms with Gasteiger partial charge in [-0.2, -0.15) is 0 Å². The molecule has 1 saturated carbocycles. The van der Waals surface area contributed by atoms with E-state index in [4.69, 9.17) is 4.74 Å². The van der Waals surface area contributed by atoms with Crippen LogP contribution < -0.4 is 5.32 Å². The highest BCUT2D eigenvalue weighted by Gasteiger charge is 2.20. The van der Waals surface area contributed by atoms with Gasteiger partial charge in [0.1, 0.15) is 0 Å². The predicted molar refractivity (Wildman–Crippen MR) is 63.4 cm³/mol. The van der Waals surface area contributed by atoms with Gasteiger partial charge in [-0.3, -0.25) is 4.68 Å². The third kappa shape index (κ3) is 3.26. The van der Waals surface area contributed by atoms with Gasteiger partial charge in [0.05, 0.1) is 12.3 Å². The molecule has 0 radical (unpaired) electrons. The minimum atomic E-state index is 0.615. The summed E-state index contributed by atoms with van der Waals surface area (Å²) in [7, 11) is 0. The quantitative estimate of drug-likeness (QED) is 0.794. The molecule has 1 aliphatic carbocycles. The first kappa shape index (κ1) is 11.2. The van der Waals surface area contributed by atoms with E-state index in [0.29, 0.717) is 5.92 Å². The first-order valence-corrected chi connectivity index (χ1v) is 6.57. The van der Waals surface area contributed by atoms with E-state index >= 15 is 0 Å². The van der Waals surface area contributed by atoms with Crippen molar-refractivity contribution in [2.45, 2.75) is 32.4 Å². The van der Waals surface area contributed by atoms with Crippen LogP contribution in [0.15, 0.2) is 6.20 Å². The van der Waals surface area contributed by atoms with Gasteiger partial charge in [0.25, 0.3) is 0 Å². The molecule has 0 bridgehead atoms. The van der Waals surface area contributed by atoms with Crippen LogP contribution in [0.3, 0.4) is 0 Å². The topological polar surface area (TPSA) is 52.0 Å². The minimum absolute atomic E-state index is 0.615. The second kappa shape index (κ2) is 5.14. The molecule has 5 nitrogen and oxygen atoms in total. The first-order chi connectivity index (χ1) is 8.40. The lowest BCUT2D eigenvalue weighted by Gasteiger charge is -2.05. The summed E-state index contributed by atoms with van der Waals surface area (Å²) in [6, 6.07) is 0. The van der Waals surface area contributed by atoms with Gasteiger partial charge in [-0.15, -0.1) is 5.10 Å². The maximum Gasteiger partial charge on any atom is 0.0964 e. The number of nitrogens with one attached hydrogen (secondary N) is 1. The Kier molecular flexibility index (Phi) is 3.38. The summed E-state index contributed by atoms with van der Waals surface area (Å²) in [5.41, 5.74) is 1.05. The standard InChI is InChI=1S/C12H20N4O/c1-2-10(1)5-13-6-12-8-16(15-14-12)7-11-3-4-17-9-11/h8,10-11,13H,1-7,9H2/t11-/m0/s1. The molecule has 1 atom stereocenters. The molecule has 2 heterocycles. The van der Waals surface area contributed by atoms with Gasteiger partial charge < -0.3 is 10.1 Å². The molecule has 1 saturated heterocycles. The van der Waals surface area contributed by atoms with Gasteiger partial charge in [0.2, 0.25) is 0 Å². The van der Waals surface area contributed by atoms with Crippen LogP contribution in [-0.2, 0) is 17.8 Å². The SMILES string of the molecule is c1c(CNCC2CC2)nnn1C[C@@H]1CCOC1. The fourth-order valence-electron chi connectivity index (χ4n) is 2.23. The van der Waals surface area contributed by atoms with Gasteiger partial charge in [-0.1, -0.05) is 5.21 Å². The number of hydrogen-bond acceptors (Lipinski definition) is 4. The molecule has 1 N–H and O–H groups in total. The Bertz CT molecular complexity index is 355. The first-order valence-electron chi connectivity index (χ1n) is 6.57. The zero-order chi connectivity index (χ0) is 11.5. The molecule has 0 spiro atoms. The highest BCUT2D eigenvalue weighted by molar-refractivity contribution is 4.92. The second-order valence-electron chi connectivity index (χ2n) is 5.24. The van der Waals surface area contributed by atoms with Crippen LogP contribution in [0.4, 0.5) is 0 Å². The molecular weight excluding hydrogens is 216 g/mol. The molecule has 0 aromatic carbocycles. The number of nitrogens with zero attached hydrogens (tertiary/aromatic N) is 3. The molecule has 17 heavy (non-hydrogen) atoms. The van der Waals surface area contributed by atoms with E-state index in [0.717, 1.165) is 50.9 Å². The summed E-state index contributed by atoms with van der Waals surface area (Å²) in [5, 5.41) is 11.8. The van der Waals surface area contributed by atoms with Crippen molar-refractivity contribution in [1.29, 1.82) is 0 Å². The van der Waals surface area contributed by atoms with Gasteiger partial charge in [-0.05, 0) is 31.7 Å². The summed E-state index contributed by atoms with van der Waals surface area (Å²) in [5.74, 6) is 1.53. The molecule has 1 aromatic rings. The monoisotopic (exact) mass is 236 g/mol. The normalized spacial score (nSPS) is 24.4.